The maximum absolute atomic E-state index is 13.3. The summed E-state index contributed by atoms with van der Waals surface area (Å²) in [6, 6.07) is 13.7. The smallest absolute Gasteiger partial charge is 0.262 e. The molecule has 0 saturated heterocycles. The molecule has 0 aliphatic rings. The average Bonchev–Trinajstić information content (AvgIpc) is 2.86. The minimum Gasteiger partial charge on any atom is -0.304 e. The Morgan fingerprint density at radius 2 is 1.75 bits per heavy atom. The Morgan fingerprint density at radius 1 is 1.08 bits per heavy atom. The van der Waals surface area contributed by atoms with Gasteiger partial charge in [-0.25, -0.2) is 0 Å². The van der Waals surface area contributed by atoms with Crippen molar-refractivity contribution in [1.29, 1.82) is 0 Å². The topological polar surface area (TPSA) is 51.0 Å². The standard InChI is InChI=1S/C19H20N4O/c1-14-18(15(2)22(3)21-14)19(24)23(17-9-11-20-12-10-17)13-16-7-5-4-6-8-16/h4-12H,13H2,1-3H3. The summed E-state index contributed by atoms with van der Waals surface area (Å²) < 4.78 is 1.75. The van der Waals surface area contributed by atoms with Gasteiger partial charge in [0.25, 0.3) is 5.91 Å². The lowest BCUT2D eigenvalue weighted by Crippen LogP contribution is -2.31. The molecule has 2 heterocycles. The second-order valence-corrected chi connectivity index (χ2v) is 5.75. The zero-order valence-electron chi connectivity index (χ0n) is 14.1. The molecule has 2 aromatic heterocycles. The van der Waals surface area contributed by atoms with Crippen LogP contribution in [0, 0.1) is 13.8 Å². The minimum absolute atomic E-state index is 0.0480. The summed E-state index contributed by atoms with van der Waals surface area (Å²) in [5.74, 6) is -0.0480. The number of pyridine rings is 1. The number of anilines is 1. The van der Waals surface area contributed by atoms with Gasteiger partial charge in [-0.3, -0.25) is 14.5 Å². The summed E-state index contributed by atoms with van der Waals surface area (Å²) >= 11 is 0. The lowest BCUT2D eigenvalue weighted by atomic mass is 10.1. The zero-order valence-corrected chi connectivity index (χ0v) is 14.1. The molecule has 5 heteroatoms. The van der Waals surface area contributed by atoms with E-state index in [2.05, 4.69) is 10.1 Å². The fourth-order valence-electron chi connectivity index (χ4n) is 2.79. The van der Waals surface area contributed by atoms with Crippen LogP contribution < -0.4 is 4.90 Å². The van der Waals surface area contributed by atoms with E-state index in [1.165, 1.54) is 0 Å². The molecule has 0 spiro atoms. The van der Waals surface area contributed by atoms with Crippen LogP contribution in [0.3, 0.4) is 0 Å². The third kappa shape index (κ3) is 3.06. The lowest BCUT2D eigenvalue weighted by molar-refractivity contribution is 0.0984. The van der Waals surface area contributed by atoms with Gasteiger partial charge in [-0.1, -0.05) is 30.3 Å². The highest BCUT2D eigenvalue weighted by Gasteiger charge is 2.24. The quantitative estimate of drug-likeness (QED) is 0.741. The van der Waals surface area contributed by atoms with Crippen molar-refractivity contribution >= 4 is 11.6 Å². The molecule has 0 saturated carbocycles. The number of aromatic nitrogens is 3. The van der Waals surface area contributed by atoms with Gasteiger partial charge in [0.1, 0.15) is 0 Å². The number of carbonyl (C=O) groups is 1. The summed E-state index contributed by atoms with van der Waals surface area (Å²) in [6.07, 6.45) is 3.40. The van der Waals surface area contributed by atoms with Crippen LogP contribution in [-0.4, -0.2) is 20.7 Å². The molecule has 0 aliphatic heterocycles. The minimum atomic E-state index is -0.0480. The van der Waals surface area contributed by atoms with E-state index in [0.717, 1.165) is 22.6 Å². The number of nitrogens with zero attached hydrogens (tertiary/aromatic N) is 4. The van der Waals surface area contributed by atoms with Gasteiger partial charge in [-0.05, 0) is 31.5 Å². The van der Waals surface area contributed by atoms with Crippen molar-refractivity contribution in [1.82, 2.24) is 14.8 Å². The molecule has 3 aromatic rings. The second kappa shape index (κ2) is 6.66. The average molecular weight is 320 g/mol. The molecule has 24 heavy (non-hydrogen) atoms. The van der Waals surface area contributed by atoms with E-state index in [0.29, 0.717) is 12.1 Å². The number of hydrogen-bond donors (Lipinski definition) is 0. The van der Waals surface area contributed by atoms with E-state index in [4.69, 9.17) is 0 Å². The van der Waals surface area contributed by atoms with Crippen LogP contribution in [0.25, 0.3) is 0 Å². The summed E-state index contributed by atoms with van der Waals surface area (Å²) in [7, 11) is 1.85. The van der Waals surface area contributed by atoms with E-state index >= 15 is 0 Å². The van der Waals surface area contributed by atoms with Gasteiger partial charge in [-0.15, -0.1) is 0 Å². The molecule has 0 radical (unpaired) electrons. The van der Waals surface area contributed by atoms with Crippen molar-refractivity contribution in [3.05, 3.63) is 77.4 Å². The Labute approximate surface area is 141 Å². The van der Waals surface area contributed by atoms with Crippen molar-refractivity contribution in [2.75, 3.05) is 4.90 Å². The summed E-state index contributed by atoms with van der Waals surface area (Å²) in [4.78, 5) is 19.1. The molecule has 0 unspecified atom stereocenters. The zero-order chi connectivity index (χ0) is 17.1. The van der Waals surface area contributed by atoms with Crippen LogP contribution in [0.2, 0.25) is 0 Å². The second-order valence-electron chi connectivity index (χ2n) is 5.75. The van der Waals surface area contributed by atoms with Crippen LogP contribution in [0.4, 0.5) is 5.69 Å². The maximum atomic E-state index is 13.3. The van der Waals surface area contributed by atoms with Crippen LogP contribution in [0.15, 0.2) is 54.9 Å². The Balaban J connectivity index is 2.02. The molecule has 3 rings (SSSR count). The van der Waals surface area contributed by atoms with Crippen molar-refractivity contribution < 1.29 is 4.79 Å². The molecule has 0 atom stereocenters. The molecular weight excluding hydrogens is 300 g/mol. The van der Waals surface area contributed by atoms with Crippen molar-refractivity contribution in [3.63, 3.8) is 0 Å². The van der Waals surface area contributed by atoms with Gasteiger partial charge in [0, 0.05) is 30.8 Å². The summed E-state index contributed by atoms with van der Waals surface area (Å²) in [5, 5.41) is 4.37. The van der Waals surface area contributed by atoms with Crippen molar-refractivity contribution in [3.8, 4) is 0 Å². The van der Waals surface area contributed by atoms with Gasteiger partial charge >= 0.3 is 0 Å². The van der Waals surface area contributed by atoms with Crippen LogP contribution in [-0.2, 0) is 13.6 Å². The van der Waals surface area contributed by atoms with Gasteiger partial charge < -0.3 is 4.90 Å². The van der Waals surface area contributed by atoms with E-state index in [1.807, 2.05) is 63.4 Å². The van der Waals surface area contributed by atoms with Crippen molar-refractivity contribution in [2.24, 2.45) is 7.05 Å². The molecule has 5 nitrogen and oxygen atoms in total. The first-order valence-electron chi connectivity index (χ1n) is 7.84. The molecule has 0 aliphatic carbocycles. The molecule has 1 amide bonds. The number of benzene rings is 1. The van der Waals surface area contributed by atoms with Gasteiger partial charge in [0.15, 0.2) is 0 Å². The molecule has 0 fully saturated rings. The number of aryl methyl sites for hydroxylation is 2. The first-order valence-corrected chi connectivity index (χ1v) is 7.84. The van der Waals surface area contributed by atoms with Crippen LogP contribution >= 0.6 is 0 Å². The van der Waals surface area contributed by atoms with E-state index in [-0.39, 0.29) is 5.91 Å². The molecule has 1 aromatic carbocycles. The lowest BCUT2D eigenvalue weighted by Gasteiger charge is -2.23. The third-order valence-corrected chi connectivity index (χ3v) is 4.13. The molecule has 0 N–H and O–H groups in total. The number of carbonyl (C=O) groups excluding carboxylic acids is 1. The summed E-state index contributed by atoms with van der Waals surface area (Å²) in [5.41, 5.74) is 4.16. The Kier molecular flexibility index (Phi) is 4.42. The van der Waals surface area contributed by atoms with E-state index in [1.54, 1.807) is 22.0 Å². The molecular formula is C19H20N4O. The highest BCUT2D eigenvalue weighted by Crippen LogP contribution is 2.22. The van der Waals surface area contributed by atoms with Crippen LogP contribution in [0.5, 0.6) is 0 Å². The molecule has 122 valence electrons. The van der Waals surface area contributed by atoms with E-state index < -0.39 is 0 Å². The normalized spacial score (nSPS) is 10.6. The first-order chi connectivity index (χ1) is 11.6. The number of amides is 1. The number of hydrogen-bond acceptors (Lipinski definition) is 3. The fraction of sp³-hybridized carbons (Fsp3) is 0.211. The Bertz CT molecular complexity index is 841. The van der Waals surface area contributed by atoms with Gasteiger partial charge in [0.05, 0.1) is 17.8 Å². The van der Waals surface area contributed by atoms with Gasteiger partial charge in [-0.2, -0.15) is 5.10 Å². The maximum Gasteiger partial charge on any atom is 0.262 e. The fourth-order valence-corrected chi connectivity index (χ4v) is 2.79. The van der Waals surface area contributed by atoms with Crippen molar-refractivity contribution in [2.45, 2.75) is 20.4 Å². The first kappa shape index (κ1) is 15.9. The largest absolute Gasteiger partial charge is 0.304 e. The predicted octanol–water partition coefficient (Wildman–Crippen LogP) is 3.28. The summed E-state index contributed by atoms with van der Waals surface area (Å²) in [6.45, 7) is 4.28. The predicted molar refractivity (Wildman–Crippen MR) is 93.9 cm³/mol. The number of rotatable bonds is 4. The monoisotopic (exact) mass is 320 g/mol. The van der Waals surface area contributed by atoms with Gasteiger partial charge in [0.2, 0.25) is 0 Å². The molecule has 0 bridgehead atoms. The van der Waals surface area contributed by atoms with E-state index in [9.17, 15) is 4.79 Å². The Hall–Kier alpha value is -2.95. The highest BCUT2D eigenvalue weighted by molar-refractivity contribution is 6.07. The third-order valence-electron chi connectivity index (χ3n) is 4.13. The SMILES string of the molecule is Cc1nn(C)c(C)c1C(=O)N(Cc1ccccc1)c1ccncc1. The highest BCUT2D eigenvalue weighted by atomic mass is 16.2. The Morgan fingerprint density at radius 3 is 2.33 bits per heavy atom. The van der Waals surface area contributed by atoms with Crippen LogP contribution in [0.1, 0.15) is 27.3 Å².